The van der Waals surface area contributed by atoms with Crippen LogP contribution in [0.1, 0.15) is 18.4 Å². The molecule has 84 valence electrons. The smallest absolute Gasteiger partial charge is 0.240 e. The second-order valence-corrected chi connectivity index (χ2v) is 4.95. The minimum atomic E-state index is -0.0712. The van der Waals surface area contributed by atoms with E-state index >= 15 is 0 Å². The highest BCUT2D eigenvalue weighted by molar-refractivity contribution is 9.10. The Morgan fingerprint density at radius 3 is 2.38 bits per heavy atom. The van der Waals surface area contributed by atoms with E-state index in [1.807, 2.05) is 0 Å². The average molecular weight is 322 g/mol. The molecule has 1 aromatic rings. The summed E-state index contributed by atoms with van der Waals surface area (Å²) in [5.41, 5.74) is 4.05. The maximum atomic E-state index is 11.0. The molecule has 6 heteroatoms. The SMILES string of the molecule is O=C1CCC(c2cc(Cl)c(Br)c(Cl)c2)=NN1. The first kappa shape index (κ1) is 11.9. The van der Waals surface area contributed by atoms with Crippen LogP contribution in [0, 0.1) is 0 Å². The number of halogens is 3. The number of rotatable bonds is 1. The van der Waals surface area contributed by atoms with Crippen LogP contribution in [0.2, 0.25) is 10.0 Å². The maximum absolute atomic E-state index is 11.0. The van der Waals surface area contributed by atoms with Crippen molar-refractivity contribution in [2.24, 2.45) is 5.10 Å². The zero-order valence-electron chi connectivity index (χ0n) is 8.06. The van der Waals surface area contributed by atoms with E-state index < -0.39 is 0 Å². The summed E-state index contributed by atoms with van der Waals surface area (Å²) in [5.74, 6) is -0.0712. The van der Waals surface area contributed by atoms with Gasteiger partial charge in [0.1, 0.15) is 0 Å². The highest BCUT2D eigenvalue weighted by atomic mass is 79.9. The highest BCUT2D eigenvalue weighted by Crippen LogP contribution is 2.32. The number of benzene rings is 1. The Bertz CT molecular complexity index is 465. The fraction of sp³-hybridized carbons (Fsp3) is 0.200. The summed E-state index contributed by atoms with van der Waals surface area (Å²) < 4.78 is 0.667. The van der Waals surface area contributed by atoms with Crippen LogP contribution in [0.15, 0.2) is 21.7 Å². The molecule has 0 unspecified atom stereocenters. The molecule has 1 aliphatic rings. The fourth-order valence-electron chi connectivity index (χ4n) is 1.40. The van der Waals surface area contributed by atoms with Crippen LogP contribution >= 0.6 is 39.1 Å². The number of hydrazone groups is 1. The Morgan fingerprint density at radius 1 is 1.25 bits per heavy atom. The van der Waals surface area contributed by atoms with Gasteiger partial charge in [0.05, 0.1) is 20.2 Å². The third-order valence-corrected chi connectivity index (χ3v) is 4.13. The van der Waals surface area contributed by atoms with E-state index in [-0.39, 0.29) is 5.91 Å². The van der Waals surface area contributed by atoms with Crippen molar-refractivity contribution in [1.82, 2.24) is 5.43 Å². The minimum absolute atomic E-state index is 0.0712. The van der Waals surface area contributed by atoms with E-state index in [0.717, 1.165) is 11.3 Å². The Balaban J connectivity index is 2.38. The number of nitrogens with zero attached hydrogens (tertiary/aromatic N) is 1. The van der Waals surface area contributed by atoms with Gasteiger partial charge in [-0.3, -0.25) is 4.79 Å². The van der Waals surface area contributed by atoms with Gasteiger partial charge < -0.3 is 0 Å². The molecule has 0 aromatic heterocycles. The van der Waals surface area contributed by atoms with Crippen molar-refractivity contribution in [3.8, 4) is 0 Å². The van der Waals surface area contributed by atoms with Crippen molar-refractivity contribution >= 4 is 50.8 Å². The number of nitrogens with one attached hydrogen (secondary N) is 1. The standard InChI is InChI=1S/C10H7BrCl2N2O/c11-10-6(12)3-5(4-7(10)13)8-1-2-9(16)15-14-8/h3-4H,1-2H2,(H,15,16). The Morgan fingerprint density at radius 2 is 1.88 bits per heavy atom. The molecule has 16 heavy (non-hydrogen) atoms. The average Bonchev–Trinajstić information content (AvgIpc) is 2.26. The lowest BCUT2D eigenvalue weighted by Crippen LogP contribution is -2.25. The first-order valence-electron chi connectivity index (χ1n) is 4.58. The number of amides is 1. The molecule has 0 saturated carbocycles. The van der Waals surface area contributed by atoms with Crippen LogP contribution in [-0.4, -0.2) is 11.6 Å². The van der Waals surface area contributed by atoms with Gasteiger partial charge in [0.15, 0.2) is 0 Å². The number of carbonyl (C=O) groups excluding carboxylic acids is 1. The zero-order chi connectivity index (χ0) is 11.7. The summed E-state index contributed by atoms with van der Waals surface area (Å²) in [5, 5.41) is 5.04. The lowest BCUT2D eigenvalue weighted by atomic mass is 10.0. The lowest BCUT2D eigenvalue weighted by molar-refractivity contribution is -0.121. The van der Waals surface area contributed by atoms with Crippen molar-refractivity contribution in [3.05, 3.63) is 32.2 Å². The quantitative estimate of drug-likeness (QED) is 0.792. The second-order valence-electron chi connectivity index (χ2n) is 3.35. The van der Waals surface area contributed by atoms with Crippen molar-refractivity contribution < 1.29 is 4.79 Å². The van der Waals surface area contributed by atoms with Crippen molar-refractivity contribution in [2.45, 2.75) is 12.8 Å². The number of carbonyl (C=O) groups is 1. The van der Waals surface area contributed by atoms with E-state index in [1.54, 1.807) is 12.1 Å². The Labute approximate surface area is 111 Å². The summed E-state index contributed by atoms with van der Waals surface area (Å²) in [6.45, 7) is 0. The van der Waals surface area contributed by atoms with Crippen LogP contribution in [-0.2, 0) is 4.79 Å². The molecule has 2 rings (SSSR count). The largest absolute Gasteiger partial charge is 0.273 e. The topological polar surface area (TPSA) is 41.5 Å². The first-order chi connectivity index (χ1) is 7.58. The van der Waals surface area contributed by atoms with Gasteiger partial charge in [-0.05, 0) is 28.1 Å². The summed E-state index contributed by atoms with van der Waals surface area (Å²) in [6, 6.07) is 3.54. The summed E-state index contributed by atoms with van der Waals surface area (Å²) in [4.78, 5) is 11.0. The number of hydrogen-bond acceptors (Lipinski definition) is 2. The predicted octanol–water partition coefficient (Wildman–Crippen LogP) is 3.37. The van der Waals surface area contributed by atoms with Crippen LogP contribution in [0.5, 0.6) is 0 Å². The monoisotopic (exact) mass is 320 g/mol. The molecular weight excluding hydrogens is 315 g/mol. The van der Waals surface area contributed by atoms with E-state index in [0.29, 0.717) is 27.4 Å². The van der Waals surface area contributed by atoms with Crippen LogP contribution < -0.4 is 5.43 Å². The lowest BCUT2D eigenvalue weighted by Gasteiger charge is -2.13. The highest BCUT2D eigenvalue weighted by Gasteiger charge is 2.15. The van der Waals surface area contributed by atoms with Gasteiger partial charge in [-0.25, -0.2) is 5.43 Å². The molecular formula is C10H7BrCl2N2O. The molecule has 0 saturated heterocycles. The molecule has 1 aliphatic heterocycles. The minimum Gasteiger partial charge on any atom is -0.273 e. The van der Waals surface area contributed by atoms with Gasteiger partial charge >= 0.3 is 0 Å². The molecule has 0 bridgehead atoms. The third kappa shape index (κ3) is 2.39. The predicted molar refractivity (Wildman–Crippen MR) is 68.1 cm³/mol. The van der Waals surface area contributed by atoms with Crippen LogP contribution in [0.3, 0.4) is 0 Å². The molecule has 0 aliphatic carbocycles. The molecule has 1 N–H and O–H groups in total. The summed E-state index contributed by atoms with van der Waals surface area (Å²) in [7, 11) is 0. The van der Waals surface area contributed by atoms with E-state index in [4.69, 9.17) is 23.2 Å². The van der Waals surface area contributed by atoms with Gasteiger partial charge in [0.25, 0.3) is 0 Å². The van der Waals surface area contributed by atoms with Gasteiger partial charge in [0, 0.05) is 18.4 Å². The second kappa shape index (κ2) is 4.73. The van der Waals surface area contributed by atoms with Gasteiger partial charge in [-0.2, -0.15) is 5.10 Å². The molecule has 0 atom stereocenters. The van der Waals surface area contributed by atoms with Crippen molar-refractivity contribution in [3.63, 3.8) is 0 Å². The Kier molecular flexibility index (Phi) is 3.52. The summed E-state index contributed by atoms with van der Waals surface area (Å²) in [6.07, 6.45) is 1.03. The zero-order valence-corrected chi connectivity index (χ0v) is 11.2. The van der Waals surface area contributed by atoms with E-state index in [1.165, 1.54) is 0 Å². The van der Waals surface area contributed by atoms with E-state index in [9.17, 15) is 4.79 Å². The molecule has 0 fully saturated rings. The first-order valence-corrected chi connectivity index (χ1v) is 6.13. The third-order valence-electron chi connectivity index (χ3n) is 2.22. The molecule has 0 radical (unpaired) electrons. The Hall–Kier alpha value is -0.580. The van der Waals surface area contributed by atoms with E-state index in [2.05, 4.69) is 26.5 Å². The molecule has 3 nitrogen and oxygen atoms in total. The summed E-state index contributed by atoms with van der Waals surface area (Å²) >= 11 is 15.3. The van der Waals surface area contributed by atoms with Gasteiger partial charge in [-0.15, -0.1) is 0 Å². The molecule has 1 amide bonds. The number of hydrogen-bond donors (Lipinski definition) is 1. The normalized spacial score (nSPS) is 15.7. The van der Waals surface area contributed by atoms with Gasteiger partial charge in [0.2, 0.25) is 5.91 Å². The molecule has 1 aromatic carbocycles. The van der Waals surface area contributed by atoms with Gasteiger partial charge in [-0.1, -0.05) is 23.2 Å². The van der Waals surface area contributed by atoms with Crippen molar-refractivity contribution in [2.75, 3.05) is 0 Å². The molecule has 0 spiro atoms. The molecule has 1 heterocycles. The van der Waals surface area contributed by atoms with Crippen LogP contribution in [0.4, 0.5) is 0 Å². The fourth-order valence-corrected chi connectivity index (χ4v) is 2.12. The van der Waals surface area contributed by atoms with Crippen molar-refractivity contribution in [1.29, 1.82) is 0 Å². The van der Waals surface area contributed by atoms with Crippen LogP contribution in [0.25, 0.3) is 0 Å². The maximum Gasteiger partial charge on any atom is 0.240 e.